The number of halogens is 1. The van der Waals surface area contributed by atoms with Gasteiger partial charge in [0.15, 0.2) is 0 Å². The summed E-state index contributed by atoms with van der Waals surface area (Å²) in [6, 6.07) is 4.99. The minimum absolute atomic E-state index is 0.134. The fraction of sp³-hybridized carbons (Fsp3) is 0.300. The molecule has 1 fully saturated rings. The van der Waals surface area contributed by atoms with Gasteiger partial charge < -0.3 is 19.1 Å². The first kappa shape index (κ1) is 20.1. The third-order valence-electron chi connectivity index (χ3n) is 5.23. The van der Waals surface area contributed by atoms with Gasteiger partial charge in [0.2, 0.25) is 0 Å². The maximum absolute atomic E-state index is 13.0. The van der Waals surface area contributed by atoms with Gasteiger partial charge >= 0.3 is 5.97 Å². The number of carbonyl (C=O) groups is 2. The number of pyridine rings is 1. The average Bonchev–Trinajstić information content (AvgIpc) is 3.13. The van der Waals surface area contributed by atoms with Crippen LogP contribution < -0.4 is 5.56 Å². The summed E-state index contributed by atoms with van der Waals surface area (Å²) in [5, 5.41) is 6.60. The minimum atomic E-state index is -0.622. The Hall–Kier alpha value is -3.17. The van der Waals surface area contributed by atoms with E-state index < -0.39 is 11.5 Å². The molecule has 0 saturated carbocycles. The van der Waals surface area contributed by atoms with Gasteiger partial charge in [-0.05, 0) is 25.2 Å². The molecule has 3 aliphatic rings. The lowest BCUT2D eigenvalue weighted by molar-refractivity contribution is 0.0599. The van der Waals surface area contributed by atoms with Crippen LogP contribution in [0.15, 0.2) is 35.4 Å². The van der Waals surface area contributed by atoms with Gasteiger partial charge in [0.1, 0.15) is 11.3 Å². The molecular weight excluding hydrogens is 410 g/mol. The zero-order valence-corrected chi connectivity index (χ0v) is 17.3. The highest BCUT2D eigenvalue weighted by atomic mass is 35.5. The Balaban J connectivity index is 1.77. The number of aromatic nitrogens is 3. The number of ether oxygens (including phenoxy) is 1. The molecule has 1 aromatic rings. The number of rotatable bonds is 3. The number of fused-ring (bicyclic) bond motifs is 1. The van der Waals surface area contributed by atoms with Crippen LogP contribution in [-0.2, 0) is 4.74 Å². The molecule has 4 rings (SSSR count). The molecular formula is C20H20ClN5O4. The number of likely N-dealkylation sites (N-methyl/N-ethyl adjacent to an activating group) is 1. The van der Waals surface area contributed by atoms with Crippen molar-refractivity contribution in [3.05, 3.63) is 57.1 Å². The smallest absolute Gasteiger partial charge is 0.341 e. The molecule has 0 radical (unpaired) electrons. The summed E-state index contributed by atoms with van der Waals surface area (Å²) in [4.78, 5) is 41.3. The van der Waals surface area contributed by atoms with E-state index in [2.05, 4.69) is 15.1 Å². The fourth-order valence-electron chi connectivity index (χ4n) is 3.46. The minimum Gasteiger partial charge on any atom is -0.465 e. The Kier molecular flexibility index (Phi) is 5.31. The number of esters is 1. The molecule has 1 N–H and O–H groups in total. The number of nitrogens with zero attached hydrogens (tertiary/aromatic N) is 4. The van der Waals surface area contributed by atoms with Crippen molar-refractivity contribution >= 4 is 23.5 Å². The van der Waals surface area contributed by atoms with E-state index in [1.54, 1.807) is 33.9 Å². The Bertz CT molecular complexity index is 1150. The van der Waals surface area contributed by atoms with Gasteiger partial charge in [0.05, 0.1) is 23.3 Å². The van der Waals surface area contributed by atoms with E-state index in [0.29, 0.717) is 29.4 Å². The molecule has 0 atom stereocenters. The number of aromatic amines is 1. The van der Waals surface area contributed by atoms with Gasteiger partial charge in [0, 0.05) is 44.3 Å². The van der Waals surface area contributed by atoms with Crippen molar-refractivity contribution in [1.82, 2.24) is 24.6 Å². The standard InChI is InChI=1S/C20H20ClN5O4/c1-24-5-7-25(8-6-24)19(28)13-9-12(3-4-16(13)21)26-10-14-17(22-23-18(14)27)15(11-26)20(29)30-2/h3-4,9-11H,5-8H2,1-2H3,(H,23,27). The van der Waals surface area contributed by atoms with E-state index in [1.807, 2.05) is 7.05 Å². The number of H-pyrrole nitrogens is 1. The van der Waals surface area contributed by atoms with Crippen molar-refractivity contribution in [2.24, 2.45) is 0 Å². The first-order chi connectivity index (χ1) is 14.4. The second-order valence-corrected chi connectivity index (χ2v) is 7.55. The molecule has 0 unspecified atom stereocenters. The van der Waals surface area contributed by atoms with Crippen molar-refractivity contribution < 1.29 is 14.3 Å². The SMILES string of the molecule is COC(=O)c1cn(-c2ccc(Cl)c(C(=O)N3CCN(C)CC3)c2)cc2c(=O)[nH]nc1-2. The summed E-state index contributed by atoms with van der Waals surface area (Å²) in [6.45, 7) is 2.83. The lowest BCUT2D eigenvalue weighted by atomic mass is 10.1. The van der Waals surface area contributed by atoms with E-state index in [-0.39, 0.29) is 22.7 Å². The number of nitrogens with one attached hydrogen (secondary N) is 1. The topological polar surface area (TPSA) is 101 Å². The maximum atomic E-state index is 13.0. The van der Waals surface area contributed by atoms with Crippen LogP contribution in [-0.4, -0.2) is 76.8 Å². The lowest BCUT2D eigenvalue weighted by Gasteiger charge is -2.32. The van der Waals surface area contributed by atoms with E-state index in [4.69, 9.17) is 16.3 Å². The highest BCUT2D eigenvalue weighted by Crippen LogP contribution is 2.26. The Morgan fingerprint density at radius 1 is 1.13 bits per heavy atom. The van der Waals surface area contributed by atoms with Crippen LogP contribution >= 0.6 is 11.6 Å². The van der Waals surface area contributed by atoms with Crippen molar-refractivity contribution in [2.45, 2.75) is 0 Å². The molecule has 156 valence electrons. The number of piperazine rings is 1. The van der Waals surface area contributed by atoms with Crippen LogP contribution in [0.25, 0.3) is 16.9 Å². The van der Waals surface area contributed by atoms with Gasteiger partial charge in [-0.2, -0.15) is 5.10 Å². The molecule has 1 amide bonds. The molecule has 1 saturated heterocycles. The van der Waals surface area contributed by atoms with Crippen LogP contribution in [0, 0.1) is 0 Å². The second-order valence-electron chi connectivity index (χ2n) is 7.15. The second kappa shape index (κ2) is 7.92. The number of hydrogen-bond acceptors (Lipinski definition) is 6. The predicted octanol–water partition coefficient (Wildman–Crippen LogP) is 1.49. The van der Waals surface area contributed by atoms with Gasteiger partial charge in [-0.3, -0.25) is 9.59 Å². The number of carbonyl (C=O) groups excluding carboxylic acids is 2. The summed E-state index contributed by atoms with van der Waals surface area (Å²) in [5.74, 6) is -0.777. The number of methoxy groups -OCH3 is 1. The van der Waals surface area contributed by atoms with Gasteiger partial charge in [-0.15, -0.1) is 0 Å². The third-order valence-corrected chi connectivity index (χ3v) is 5.56. The number of amides is 1. The maximum Gasteiger partial charge on any atom is 0.341 e. The largest absolute Gasteiger partial charge is 0.465 e. The zero-order valence-electron chi connectivity index (χ0n) is 16.5. The molecule has 1 aromatic carbocycles. The van der Waals surface area contributed by atoms with E-state index in [1.165, 1.54) is 13.3 Å². The fourth-order valence-corrected chi connectivity index (χ4v) is 3.66. The number of hydrogen-bond donors (Lipinski definition) is 1. The van der Waals surface area contributed by atoms with Gasteiger partial charge in [0.25, 0.3) is 11.5 Å². The molecule has 0 aliphatic carbocycles. The molecule has 9 nitrogen and oxygen atoms in total. The molecule has 0 bridgehead atoms. The third kappa shape index (κ3) is 3.57. The predicted molar refractivity (Wildman–Crippen MR) is 111 cm³/mol. The Labute approximate surface area is 177 Å². The van der Waals surface area contributed by atoms with E-state index >= 15 is 0 Å². The quantitative estimate of drug-likeness (QED) is 0.633. The summed E-state index contributed by atoms with van der Waals surface area (Å²) < 4.78 is 6.41. The van der Waals surface area contributed by atoms with Crippen molar-refractivity contribution in [3.63, 3.8) is 0 Å². The highest BCUT2D eigenvalue weighted by molar-refractivity contribution is 6.33. The molecule has 0 aromatic heterocycles. The Morgan fingerprint density at radius 2 is 1.87 bits per heavy atom. The normalized spacial score (nSPS) is 14.8. The van der Waals surface area contributed by atoms with Crippen LogP contribution in [0.3, 0.4) is 0 Å². The molecule has 10 heteroatoms. The number of benzene rings is 1. The van der Waals surface area contributed by atoms with Crippen LogP contribution in [0.2, 0.25) is 5.02 Å². The zero-order chi connectivity index (χ0) is 21.4. The van der Waals surface area contributed by atoms with Crippen LogP contribution in [0.5, 0.6) is 0 Å². The molecule has 30 heavy (non-hydrogen) atoms. The molecule has 3 heterocycles. The van der Waals surface area contributed by atoms with Crippen LogP contribution in [0.4, 0.5) is 0 Å². The van der Waals surface area contributed by atoms with Crippen LogP contribution in [0.1, 0.15) is 20.7 Å². The first-order valence-electron chi connectivity index (χ1n) is 9.35. The summed E-state index contributed by atoms with van der Waals surface area (Å²) >= 11 is 6.33. The summed E-state index contributed by atoms with van der Waals surface area (Å²) in [6.07, 6.45) is 3.07. The van der Waals surface area contributed by atoms with Gasteiger partial charge in [-0.1, -0.05) is 11.6 Å². The first-order valence-corrected chi connectivity index (χ1v) is 9.73. The summed E-state index contributed by atoms with van der Waals surface area (Å²) in [5.41, 5.74) is 1.11. The Morgan fingerprint density at radius 3 is 2.57 bits per heavy atom. The molecule has 0 spiro atoms. The van der Waals surface area contributed by atoms with Crippen molar-refractivity contribution in [2.75, 3.05) is 40.3 Å². The van der Waals surface area contributed by atoms with E-state index in [0.717, 1.165) is 13.1 Å². The van der Waals surface area contributed by atoms with Crippen molar-refractivity contribution in [3.8, 4) is 16.9 Å². The van der Waals surface area contributed by atoms with E-state index in [9.17, 15) is 14.4 Å². The van der Waals surface area contributed by atoms with Crippen molar-refractivity contribution in [1.29, 1.82) is 0 Å². The molecule has 3 aliphatic heterocycles. The monoisotopic (exact) mass is 429 g/mol. The lowest BCUT2D eigenvalue weighted by Crippen LogP contribution is -2.47. The average molecular weight is 430 g/mol. The summed E-state index contributed by atoms with van der Waals surface area (Å²) in [7, 11) is 3.27. The van der Waals surface area contributed by atoms with Gasteiger partial charge in [-0.25, -0.2) is 9.89 Å². The highest BCUT2D eigenvalue weighted by Gasteiger charge is 2.24.